The lowest BCUT2D eigenvalue weighted by Gasteiger charge is -2.27. The van der Waals surface area contributed by atoms with E-state index in [1.54, 1.807) is 0 Å². The van der Waals surface area contributed by atoms with Crippen molar-refractivity contribution in [2.24, 2.45) is 11.7 Å². The van der Waals surface area contributed by atoms with Gasteiger partial charge in [-0.25, -0.2) is 4.79 Å². The van der Waals surface area contributed by atoms with Crippen LogP contribution in [0.3, 0.4) is 0 Å². The quantitative estimate of drug-likeness (QED) is 0.790. The molecule has 0 radical (unpaired) electrons. The Balaban J connectivity index is 2.44. The van der Waals surface area contributed by atoms with Gasteiger partial charge in [-0.05, 0) is 31.7 Å². The first-order valence-corrected chi connectivity index (χ1v) is 6.90. The van der Waals surface area contributed by atoms with Crippen molar-refractivity contribution in [3.63, 3.8) is 0 Å². The molecule has 3 N–H and O–H groups in total. The first-order chi connectivity index (χ1) is 8.15. The molecule has 0 aromatic rings. The fourth-order valence-corrected chi connectivity index (χ4v) is 2.28. The highest BCUT2D eigenvalue weighted by atomic mass is 16.2. The number of likely N-dealkylation sites (tertiary alicyclic amines) is 1. The number of carbonyl (C=O) groups is 1. The van der Waals surface area contributed by atoms with Gasteiger partial charge in [-0.2, -0.15) is 0 Å². The number of hydrogen-bond donors (Lipinski definition) is 2. The molecule has 4 nitrogen and oxygen atoms in total. The van der Waals surface area contributed by atoms with Gasteiger partial charge in [0.1, 0.15) is 0 Å². The molecule has 0 aromatic carbocycles. The highest BCUT2D eigenvalue weighted by molar-refractivity contribution is 5.74. The Morgan fingerprint density at radius 1 is 1.24 bits per heavy atom. The van der Waals surface area contributed by atoms with Crippen molar-refractivity contribution in [1.82, 2.24) is 10.2 Å². The van der Waals surface area contributed by atoms with Crippen molar-refractivity contribution < 1.29 is 4.79 Å². The van der Waals surface area contributed by atoms with E-state index >= 15 is 0 Å². The van der Waals surface area contributed by atoms with E-state index in [9.17, 15) is 4.79 Å². The largest absolute Gasteiger partial charge is 0.335 e. The second-order valence-corrected chi connectivity index (χ2v) is 5.28. The molecule has 1 saturated heterocycles. The normalized spacial score (nSPS) is 18.9. The molecule has 17 heavy (non-hydrogen) atoms. The van der Waals surface area contributed by atoms with Crippen LogP contribution < -0.4 is 11.1 Å². The summed E-state index contributed by atoms with van der Waals surface area (Å²) in [5, 5.41) is 3.12. The van der Waals surface area contributed by atoms with E-state index < -0.39 is 0 Å². The minimum absolute atomic E-state index is 0.0963. The van der Waals surface area contributed by atoms with Crippen LogP contribution in [0.1, 0.15) is 46.0 Å². The SMILES string of the molecule is CC(C)C(CCN)NC(=O)N1CCCCCC1. The van der Waals surface area contributed by atoms with Gasteiger partial charge in [-0.15, -0.1) is 0 Å². The third kappa shape index (κ3) is 4.94. The van der Waals surface area contributed by atoms with Gasteiger partial charge in [0.15, 0.2) is 0 Å². The zero-order valence-corrected chi connectivity index (χ0v) is 11.2. The van der Waals surface area contributed by atoms with Crippen molar-refractivity contribution in [2.75, 3.05) is 19.6 Å². The van der Waals surface area contributed by atoms with Gasteiger partial charge in [-0.1, -0.05) is 26.7 Å². The van der Waals surface area contributed by atoms with Crippen LogP contribution in [-0.4, -0.2) is 36.6 Å². The molecule has 1 aliphatic heterocycles. The number of amides is 2. The van der Waals surface area contributed by atoms with Gasteiger partial charge in [-0.3, -0.25) is 0 Å². The first-order valence-electron chi connectivity index (χ1n) is 6.90. The van der Waals surface area contributed by atoms with Crippen LogP contribution in [-0.2, 0) is 0 Å². The fourth-order valence-electron chi connectivity index (χ4n) is 2.28. The van der Waals surface area contributed by atoms with E-state index in [4.69, 9.17) is 5.73 Å². The van der Waals surface area contributed by atoms with Crippen LogP contribution >= 0.6 is 0 Å². The number of rotatable bonds is 4. The van der Waals surface area contributed by atoms with Crippen molar-refractivity contribution in [1.29, 1.82) is 0 Å². The maximum Gasteiger partial charge on any atom is 0.317 e. The van der Waals surface area contributed by atoms with Crippen molar-refractivity contribution in [3.8, 4) is 0 Å². The van der Waals surface area contributed by atoms with Gasteiger partial charge < -0.3 is 16.0 Å². The third-order valence-corrected chi connectivity index (χ3v) is 3.48. The average Bonchev–Trinajstić information content (AvgIpc) is 2.56. The molecule has 0 aromatic heterocycles. The summed E-state index contributed by atoms with van der Waals surface area (Å²) in [6, 6.07) is 0.301. The van der Waals surface area contributed by atoms with Gasteiger partial charge >= 0.3 is 6.03 Å². The molecular weight excluding hydrogens is 214 g/mol. The van der Waals surface area contributed by atoms with E-state index in [0.29, 0.717) is 12.5 Å². The first kappa shape index (κ1) is 14.3. The van der Waals surface area contributed by atoms with E-state index in [0.717, 1.165) is 32.4 Å². The molecule has 1 atom stereocenters. The molecule has 100 valence electrons. The highest BCUT2D eigenvalue weighted by Gasteiger charge is 2.20. The van der Waals surface area contributed by atoms with Crippen molar-refractivity contribution in [3.05, 3.63) is 0 Å². The van der Waals surface area contributed by atoms with E-state index in [-0.39, 0.29) is 12.1 Å². The summed E-state index contributed by atoms with van der Waals surface area (Å²) in [7, 11) is 0. The molecule has 1 unspecified atom stereocenters. The van der Waals surface area contributed by atoms with Crippen molar-refractivity contribution >= 4 is 6.03 Å². The lowest BCUT2D eigenvalue weighted by Crippen LogP contribution is -2.47. The van der Waals surface area contributed by atoms with Crippen LogP contribution in [0, 0.1) is 5.92 Å². The molecule has 0 saturated carbocycles. The summed E-state index contributed by atoms with van der Waals surface area (Å²) < 4.78 is 0. The Morgan fingerprint density at radius 2 is 1.82 bits per heavy atom. The van der Waals surface area contributed by atoms with E-state index in [1.807, 2.05) is 4.90 Å². The van der Waals surface area contributed by atoms with Gasteiger partial charge in [0.25, 0.3) is 0 Å². The number of nitrogens with one attached hydrogen (secondary N) is 1. The molecule has 1 aliphatic rings. The number of nitrogens with two attached hydrogens (primary N) is 1. The van der Waals surface area contributed by atoms with Crippen molar-refractivity contribution in [2.45, 2.75) is 52.0 Å². The van der Waals surface area contributed by atoms with Gasteiger partial charge in [0.05, 0.1) is 0 Å². The van der Waals surface area contributed by atoms with E-state index in [2.05, 4.69) is 19.2 Å². The number of nitrogens with zero attached hydrogens (tertiary/aromatic N) is 1. The molecule has 1 heterocycles. The molecular formula is C13H27N3O. The van der Waals surface area contributed by atoms with Crippen LogP contribution in [0.25, 0.3) is 0 Å². The Bertz CT molecular complexity index is 223. The molecule has 0 spiro atoms. The smallest absolute Gasteiger partial charge is 0.317 e. The predicted molar refractivity (Wildman–Crippen MR) is 70.9 cm³/mol. The monoisotopic (exact) mass is 241 g/mol. The summed E-state index contributed by atoms with van der Waals surface area (Å²) in [5.41, 5.74) is 5.58. The Kier molecular flexibility index (Phi) is 6.34. The minimum Gasteiger partial charge on any atom is -0.335 e. The second-order valence-electron chi connectivity index (χ2n) is 5.28. The molecule has 0 aliphatic carbocycles. The zero-order valence-electron chi connectivity index (χ0n) is 11.2. The lowest BCUT2D eigenvalue weighted by molar-refractivity contribution is 0.191. The third-order valence-electron chi connectivity index (χ3n) is 3.48. The van der Waals surface area contributed by atoms with Crippen LogP contribution in [0.4, 0.5) is 4.79 Å². The molecule has 1 rings (SSSR count). The summed E-state index contributed by atoms with van der Waals surface area (Å²) in [6.07, 6.45) is 5.63. The average molecular weight is 241 g/mol. The molecule has 4 heteroatoms. The summed E-state index contributed by atoms with van der Waals surface area (Å²) in [5.74, 6) is 0.439. The van der Waals surface area contributed by atoms with E-state index in [1.165, 1.54) is 12.8 Å². The maximum absolute atomic E-state index is 12.1. The number of hydrogen-bond acceptors (Lipinski definition) is 2. The minimum atomic E-state index is 0.0963. The highest BCUT2D eigenvalue weighted by Crippen LogP contribution is 2.11. The predicted octanol–water partition coefficient (Wildman–Crippen LogP) is 1.95. The summed E-state index contributed by atoms with van der Waals surface area (Å²) >= 11 is 0. The molecule has 0 bridgehead atoms. The maximum atomic E-state index is 12.1. The number of carbonyl (C=O) groups excluding carboxylic acids is 1. The van der Waals surface area contributed by atoms with Gasteiger partial charge in [0.2, 0.25) is 0 Å². The standard InChI is InChI=1S/C13H27N3O/c1-11(2)12(7-8-14)15-13(17)16-9-5-3-4-6-10-16/h11-12H,3-10,14H2,1-2H3,(H,15,17). The fraction of sp³-hybridized carbons (Fsp3) is 0.923. The lowest BCUT2D eigenvalue weighted by atomic mass is 10.0. The van der Waals surface area contributed by atoms with Crippen LogP contribution in [0.2, 0.25) is 0 Å². The topological polar surface area (TPSA) is 58.4 Å². The molecule has 1 fully saturated rings. The summed E-state index contributed by atoms with van der Waals surface area (Å²) in [4.78, 5) is 14.1. The second kappa shape index (κ2) is 7.54. The Hall–Kier alpha value is -0.770. The zero-order chi connectivity index (χ0) is 12.7. The Morgan fingerprint density at radius 3 is 2.29 bits per heavy atom. The van der Waals surface area contributed by atoms with Crippen LogP contribution in [0.5, 0.6) is 0 Å². The van der Waals surface area contributed by atoms with Crippen LogP contribution in [0.15, 0.2) is 0 Å². The summed E-state index contributed by atoms with van der Waals surface area (Å²) in [6.45, 7) is 6.69. The number of urea groups is 1. The van der Waals surface area contributed by atoms with Gasteiger partial charge in [0, 0.05) is 19.1 Å². The molecule has 2 amide bonds. The Labute approximate surface area is 105 Å².